The van der Waals surface area contributed by atoms with Crippen molar-refractivity contribution in [1.29, 1.82) is 0 Å². The van der Waals surface area contributed by atoms with Crippen LogP contribution in [-0.2, 0) is 4.79 Å². The van der Waals surface area contributed by atoms with Crippen LogP contribution in [0.1, 0.15) is 34.1 Å². The van der Waals surface area contributed by atoms with E-state index in [4.69, 9.17) is 5.73 Å². The monoisotopic (exact) mass is 252 g/mol. The van der Waals surface area contributed by atoms with Crippen molar-refractivity contribution < 1.29 is 9.90 Å². The second-order valence-corrected chi connectivity index (χ2v) is 4.47. The Hall–Kier alpha value is -0.320. The zero-order chi connectivity index (χ0) is 12.0. The number of aliphatic hydroxyl groups excluding tert-OH is 1. The van der Waals surface area contributed by atoms with Gasteiger partial charge in [0.25, 0.3) is 0 Å². The van der Waals surface area contributed by atoms with Gasteiger partial charge < -0.3 is 16.2 Å². The van der Waals surface area contributed by atoms with E-state index in [0.29, 0.717) is 0 Å². The Morgan fingerprint density at radius 2 is 1.88 bits per heavy atom. The van der Waals surface area contributed by atoms with Gasteiger partial charge >= 0.3 is 0 Å². The van der Waals surface area contributed by atoms with Gasteiger partial charge in [-0.15, -0.1) is 12.4 Å². The molecule has 98 valence electrons. The maximum atomic E-state index is 11.5. The topological polar surface area (TPSA) is 75.3 Å². The predicted molar refractivity (Wildman–Crippen MR) is 68.5 cm³/mol. The van der Waals surface area contributed by atoms with Gasteiger partial charge in [-0.2, -0.15) is 0 Å². The number of carbonyl (C=O) groups is 1. The third-order valence-electron chi connectivity index (χ3n) is 2.81. The highest BCUT2D eigenvalue weighted by Crippen LogP contribution is 2.06. The fraction of sp³-hybridized carbons (Fsp3) is 0.909. The Kier molecular flexibility index (Phi) is 9.92. The summed E-state index contributed by atoms with van der Waals surface area (Å²) in [6.45, 7) is 8.05. The quantitative estimate of drug-likeness (QED) is 0.658. The predicted octanol–water partition coefficient (Wildman–Crippen LogP) is 0.915. The van der Waals surface area contributed by atoms with E-state index in [-0.39, 0.29) is 36.7 Å². The lowest BCUT2D eigenvalue weighted by molar-refractivity contribution is -0.123. The summed E-state index contributed by atoms with van der Waals surface area (Å²) in [5, 5.41) is 12.3. The summed E-state index contributed by atoms with van der Waals surface area (Å²) in [5.74, 6) is 0.124. The number of carbonyl (C=O) groups excluding carboxylic acids is 1. The number of amides is 1. The Balaban J connectivity index is 0. The van der Waals surface area contributed by atoms with Crippen LogP contribution < -0.4 is 11.1 Å². The van der Waals surface area contributed by atoms with Crippen LogP contribution in [0.4, 0.5) is 0 Å². The summed E-state index contributed by atoms with van der Waals surface area (Å²) in [5.41, 5.74) is 5.66. The molecule has 4 N–H and O–H groups in total. The SMILES string of the molecule is CCC(C)C(O)CNC(=O)[C@@H](N)C(C)C.Cl. The highest BCUT2D eigenvalue weighted by atomic mass is 35.5. The molecule has 0 bridgehead atoms. The Morgan fingerprint density at radius 1 is 1.38 bits per heavy atom. The molecule has 0 heterocycles. The van der Waals surface area contributed by atoms with E-state index >= 15 is 0 Å². The molecule has 3 atom stereocenters. The van der Waals surface area contributed by atoms with Crippen molar-refractivity contribution in [3.05, 3.63) is 0 Å². The third-order valence-corrected chi connectivity index (χ3v) is 2.81. The second kappa shape index (κ2) is 8.79. The van der Waals surface area contributed by atoms with Crippen LogP contribution in [0.25, 0.3) is 0 Å². The van der Waals surface area contributed by atoms with E-state index in [1.807, 2.05) is 27.7 Å². The summed E-state index contributed by atoms with van der Waals surface area (Å²) in [7, 11) is 0. The van der Waals surface area contributed by atoms with E-state index in [1.165, 1.54) is 0 Å². The van der Waals surface area contributed by atoms with Crippen LogP contribution in [0.3, 0.4) is 0 Å². The summed E-state index contributed by atoms with van der Waals surface area (Å²) >= 11 is 0. The zero-order valence-corrected chi connectivity index (χ0v) is 11.4. The molecule has 0 saturated heterocycles. The van der Waals surface area contributed by atoms with Crippen molar-refractivity contribution in [3.63, 3.8) is 0 Å². The molecule has 0 aromatic heterocycles. The molecule has 16 heavy (non-hydrogen) atoms. The van der Waals surface area contributed by atoms with Gasteiger partial charge in [-0.25, -0.2) is 0 Å². The lowest BCUT2D eigenvalue weighted by Gasteiger charge is -2.20. The molecule has 0 radical (unpaired) electrons. The van der Waals surface area contributed by atoms with Gasteiger partial charge in [-0.05, 0) is 11.8 Å². The minimum Gasteiger partial charge on any atom is -0.391 e. The van der Waals surface area contributed by atoms with Gasteiger partial charge in [0, 0.05) is 6.54 Å². The van der Waals surface area contributed by atoms with Gasteiger partial charge in [0.05, 0.1) is 12.1 Å². The minimum absolute atomic E-state index is 0. The van der Waals surface area contributed by atoms with Crippen LogP contribution in [-0.4, -0.2) is 29.7 Å². The average molecular weight is 253 g/mol. The van der Waals surface area contributed by atoms with Crippen LogP contribution >= 0.6 is 12.4 Å². The molecule has 1 amide bonds. The third kappa shape index (κ3) is 6.30. The fourth-order valence-corrected chi connectivity index (χ4v) is 1.10. The standard InChI is InChI=1S/C11H24N2O2.ClH/c1-5-8(4)9(14)6-13-11(15)10(12)7(2)3;/h7-10,14H,5-6,12H2,1-4H3,(H,13,15);1H/t8?,9?,10-;/m0./s1. The average Bonchev–Trinajstić information content (AvgIpc) is 2.22. The van der Waals surface area contributed by atoms with Crippen molar-refractivity contribution in [1.82, 2.24) is 5.32 Å². The maximum Gasteiger partial charge on any atom is 0.237 e. The van der Waals surface area contributed by atoms with Crippen molar-refractivity contribution in [2.75, 3.05) is 6.54 Å². The fourth-order valence-electron chi connectivity index (χ4n) is 1.10. The van der Waals surface area contributed by atoms with Crippen molar-refractivity contribution in [3.8, 4) is 0 Å². The molecule has 0 aliphatic carbocycles. The Morgan fingerprint density at radius 3 is 2.25 bits per heavy atom. The lowest BCUT2D eigenvalue weighted by atomic mass is 10.0. The zero-order valence-electron chi connectivity index (χ0n) is 10.6. The van der Waals surface area contributed by atoms with Crippen molar-refractivity contribution in [2.45, 2.75) is 46.3 Å². The molecule has 2 unspecified atom stereocenters. The number of hydrogen-bond acceptors (Lipinski definition) is 3. The first-order valence-corrected chi connectivity index (χ1v) is 5.61. The molecule has 0 aliphatic heterocycles. The maximum absolute atomic E-state index is 11.5. The summed E-state index contributed by atoms with van der Waals surface area (Å²) in [6, 6.07) is -0.492. The van der Waals surface area contributed by atoms with E-state index in [0.717, 1.165) is 6.42 Å². The molecule has 0 aliphatic rings. The molecule has 0 saturated carbocycles. The molecule has 0 aromatic rings. The van der Waals surface area contributed by atoms with E-state index in [9.17, 15) is 9.90 Å². The van der Waals surface area contributed by atoms with E-state index < -0.39 is 12.1 Å². The number of hydrogen-bond donors (Lipinski definition) is 3. The molecule has 5 heteroatoms. The smallest absolute Gasteiger partial charge is 0.237 e. The van der Waals surface area contributed by atoms with Crippen molar-refractivity contribution >= 4 is 18.3 Å². The summed E-state index contributed by atoms with van der Waals surface area (Å²) in [4.78, 5) is 11.5. The number of rotatable bonds is 6. The van der Waals surface area contributed by atoms with Gasteiger partial charge in [0.15, 0.2) is 0 Å². The van der Waals surface area contributed by atoms with Gasteiger partial charge in [0.1, 0.15) is 0 Å². The first kappa shape index (κ1) is 18.1. The van der Waals surface area contributed by atoms with Gasteiger partial charge in [-0.3, -0.25) is 4.79 Å². The summed E-state index contributed by atoms with van der Waals surface area (Å²) in [6.07, 6.45) is 0.408. The molecule has 0 rings (SSSR count). The van der Waals surface area contributed by atoms with Crippen molar-refractivity contribution in [2.24, 2.45) is 17.6 Å². The van der Waals surface area contributed by atoms with Gasteiger partial charge in [-0.1, -0.05) is 34.1 Å². The molecule has 0 aromatic carbocycles. The second-order valence-electron chi connectivity index (χ2n) is 4.47. The first-order valence-electron chi connectivity index (χ1n) is 5.61. The Bertz CT molecular complexity index is 200. The highest BCUT2D eigenvalue weighted by Gasteiger charge is 2.19. The Labute approximate surface area is 104 Å². The molecule has 0 spiro atoms. The molecule has 0 fully saturated rings. The number of nitrogens with one attached hydrogen (secondary N) is 1. The van der Waals surface area contributed by atoms with Gasteiger partial charge in [0.2, 0.25) is 5.91 Å². The largest absolute Gasteiger partial charge is 0.391 e. The summed E-state index contributed by atoms with van der Waals surface area (Å²) < 4.78 is 0. The van der Waals surface area contributed by atoms with E-state index in [2.05, 4.69) is 5.32 Å². The minimum atomic E-state index is -0.492. The van der Waals surface area contributed by atoms with Crippen LogP contribution in [0.15, 0.2) is 0 Å². The van der Waals surface area contributed by atoms with Crippen LogP contribution in [0.5, 0.6) is 0 Å². The highest BCUT2D eigenvalue weighted by molar-refractivity contribution is 5.85. The van der Waals surface area contributed by atoms with Crippen LogP contribution in [0, 0.1) is 11.8 Å². The first-order chi connectivity index (χ1) is 6.90. The molecule has 4 nitrogen and oxygen atoms in total. The molecular formula is C11H25ClN2O2. The lowest BCUT2D eigenvalue weighted by Crippen LogP contribution is -2.46. The van der Waals surface area contributed by atoms with Crippen LogP contribution in [0.2, 0.25) is 0 Å². The number of nitrogens with two attached hydrogens (primary N) is 1. The normalized spacial score (nSPS) is 16.2. The van der Waals surface area contributed by atoms with E-state index in [1.54, 1.807) is 0 Å². The number of aliphatic hydroxyl groups is 1. The molecular weight excluding hydrogens is 228 g/mol. The number of halogens is 1.